The fourth-order valence-electron chi connectivity index (χ4n) is 3.60. The molecule has 0 aliphatic carbocycles. The van der Waals surface area contributed by atoms with E-state index in [0.29, 0.717) is 5.92 Å². The summed E-state index contributed by atoms with van der Waals surface area (Å²) in [6.45, 7) is 16.2. The van der Waals surface area contributed by atoms with Gasteiger partial charge in [0.15, 0.2) is 18.6 Å². The maximum Gasteiger partial charge on any atom is 0.196 e. The first-order valence-corrected chi connectivity index (χ1v) is 10.0. The Labute approximate surface area is 167 Å². The molecular formula is C23H30N5+. The topological polar surface area (TPSA) is 47.5 Å². The zero-order valence-corrected chi connectivity index (χ0v) is 18.0. The highest BCUT2D eigenvalue weighted by atomic mass is 15.4. The van der Waals surface area contributed by atoms with Crippen molar-refractivity contribution < 1.29 is 4.68 Å². The summed E-state index contributed by atoms with van der Waals surface area (Å²) in [5.41, 5.74) is 3.33. The lowest BCUT2D eigenvalue weighted by atomic mass is 9.92. The van der Waals surface area contributed by atoms with Gasteiger partial charge < -0.3 is 0 Å². The first-order chi connectivity index (χ1) is 13.0. The van der Waals surface area contributed by atoms with Gasteiger partial charge in [-0.2, -0.15) is 0 Å². The fourth-order valence-corrected chi connectivity index (χ4v) is 3.60. The van der Waals surface area contributed by atoms with Gasteiger partial charge in [0.25, 0.3) is 0 Å². The molecule has 0 saturated carbocycles. The summed E-state index contributed by atoms with van der Waals surface area (Å²) < 4.78 is 4.47. The minimum absolute atomic E-state index is 0.135. The van der Waals surface area contributed by atoms with E-state index in [1.807, 2.05) is 0 Å². The molecule has 5 nitrogen and oxygen atoms in total. The minimum atomic E-state index is -0.135. The predicted molar refractivity (Wildman–Crippen MR) is 111 cm³/mol. The lowest BCUT2D eigenvalue weighted by Gasteiger charge is -2.23. The van der Waals surface area contributed by atoms with Crippen LogP contribution in [0.25, 0.3) is 17.1 Å². The molecule has 1 aliphatic rings. The van der Waals surface area contributed by atoms with Gasteiger partial charge >= 0.3 is 0 Å². The average molecular weight is 377 g/mol. The van der Waals surface area contributed by atoms with Gasteiger partial charge in [0.2, 0.25) is 0 Å². The Morgan fingerprint density at radius 3 is 2.21 bits per heavy atom. The van der Waals surface area contributed by atoms with E-state index in [2.05, 4.69) is 94.5 Å². The van der Waals surface area contributed by atoms with Crippen LogP contribution >= 0.6 is 0 Å². The molecule has 28 heavy (non-hydrogen) atoms. The molecule has 3 heterocycles. The van der Waals surface area contributed by atoms with Gasteiger partial charge in [-0.1, -0.05) is 60.6 Å². The first kappa shape index (κ1) is 18.8. The molecule has 2 aromatic heterocycles. The fraction of sp³-hybridized carbons (Fsp3) is 0.478. The highest BCUT2D eigenvalue weighted by Crippen LogP contribution is 2.31. The van der Waals surface area contributed by atoms with E-state index < -0.39 is 0 Å². The second-order valence-corrected chi connectivity index (χ2v) is 9.94. The van der Waals surface area contributed by atoms with Crippen molar-refractivity contribution in [3.8, 4) is 17.1 Å². The molecule has 0 N–H and O–H groups in total. The van der Waals surface area contributed by atoms with Crippen molar-refractivity contribution in [1.82, 2.24) is 19.6 Å². The van der Waals surface area contributed by atoms with Gasteiger partial charge in [-0.25, -0.2) is 15.0 Å². The highest BCUT2D eigenvalue weighted by molar-refractivity contribution is 5.62. The predicted octanol–water partition coefficient (Wildman–Crippen LogP) is 4.33. The summed E-state index contributed by atoms with van der Waals surface area (Å²) in [5.74, 6) is 2.91. The van der Waals surface area contributed by atoms with Crippen LogP contribution in [0, 0.1) is 0 Å². The second-order valence-electron chi connectivity index (χ2n) is 9.94. The molecule has 0 bridgehead atoms. The van der Waals surface area contributed by atoms with Gasteiger partial charge in [-0.3, -0.25) is 0 Å². The number of fused-ring (bicyclic) bond motifs is 3. The molecular weight excluding hydrogens is 346 g/mol. The summed E-state index contributed by atoms with van der Waals surface area (Å²) in [6, 6.07) is 8.70. The molecule has 0 saturated heterocycles. The summed E-state index contributed by atoms with van der Waals surface area (Å²) in [4.78, 5) is 14.5. The van der Waals surface area contributed by atoms with E-state index in [0.717, 1.165) is 29.6 Å². The number of benzene rings is 1. The van der Waals surface area contributed by atoms with Crippen LogP contribution in [0.2, 0.25) is 0 Å². The second kappa shape index (κ2) is 6.23. The Balaban J connectivity index is 1.90. The lowest BCUT2D eigenvalue weighted by molar-refractivity contribution is -0.771. The number of hydrogen-bond donors (Lipinski definition) is 0. The first-order valence-electron chi connectivity index (χ1n) is 10.0. The molecule has 1 aliphatic heterocycles. The standard InChI is InChI=1S/C23H30N5/c1-15-14-27-11-8-12-28(27)18-13-16(9-10-17(15)18)19-24-20(22(2,3)4)26-21(25-19)23(5,6)7/h8-13,15H,14H2,1-7H3/q+1. The molecule has 0 spiro atoms. The van der Waals surface area contributed by atoms with Crippen molar-refractivity contribution in [3.63, 3.8) is 0 Å². The molecule has 0 fully saturated rings. The Hall–Kier alpha value is -2.56. The molecule has 146 valence electrons. The van der Waals surface area contributed by atoms with Crippen LogP contribution in [0.5, 0.6) is 0 Å². The van der Waals surface area contributed by atoms with Crippen LogP contribution in [-0.4, -0.2) is 19.6 Å². The smallest absolute Gasteiger partial charge is 0.196 e. The summed E-state index contributed by atoms with van der Waals surface area (Å²) >= 11 is 0. The Bertz CT molecular complexity index is 1000. The average Bonchev–Trinajstić information content (AvgIpc) is 3.08. The number of rotatable bonds is 1. The van der Waals surface area contributed by atoms with Gasteiger partial charge in [0, 0.05) is 28.4 Å². The maximum absolute atomic E-state index is 4.86. The van der Waals surface area contributed by atoms with Crippen molar-refractivity contribution in [2.24, 2.45) is 0 Å². The SMILES string of the molecule is CC1C[n+]2cccn2-c2cc(-c3nc(C(C)(C)C)nc(C(C)(C)C)n3)ccc21. The summed E-state index contributed by atoms with van der Waals surface area (Å²) in [7, 11) is 0. The van der Waals surface area contributed by atoms with E-state index in [-0.39, 0.29) is 10.8 Å². The van der Waals surface area contributed by atoms with Crippen LogP contribution < -0.4 is 4.68 Å². The third-order valence-electron chi connectivity index (χ3n) is 5.27. The monoisotopic (exact) mass is 376 g/mol. The number of hydrogen-bond acceptors (Lipinski definition) is 3. The van der Waals surface area contributed by atoms with Crippen molar-refractivity contribution in [2.75, 3.05) is 0 Å². The van der Waals surface area contributed by atoms with Crippen LogP contribution in [0.4, 0.5) is 0 Å². The van der Waals surface area contributed by atoms with Gasteiger partial charge in [0.1, 0.15) is 17.3 Å². The van der Waals surface area contributed by atoms with Crippen molar-refractivity contribution in [3.05, 3.63) is 53.9 Å². The minimum Gasteiger partial charge on any atom is -0.217 e. The van der Waals surface area contributed by atoms with E-state index in [9.17, 15) is 0 Å². The van der Waals surface area contributed by atoms with Gasteiger partial charge in [-0.15, -0.1) is 9.36 Å². The van der Waals surface area contributed by atoms with Gasteiger partial charge in [0.05, 0.1) is 6.20 Å². The zero-order valence-electron chi connectivity index (χ0n) is 18.0. The molecule has 4 rings (SSSR count). The Morgan fingerprint density at radius 1 is 0.964 bits per heavy atom. The van der Waals surface area contributed by atoms with Crippen LogP contribution in [0.15, 0.2) is 36.7 Å². The van der Waals surface area contributed by atoms with Crippen LogP contribution in [0.1, 0.15) is 71.6 Å². The molecule has 3 aromatic rings. The maximum atomic E-state index is 4.86. The zero-order chi connectivity index (χ0) is 20.3. The van der Waals surface area contributed by atoms with E-state index in [1.165, 1.54) is 11.3 Å². The van der Waals surface area contributed by atoms with Crippen molar-refractivity contribution in [1.29, 1.82) is 0 Å². The molecule has 1 aromatic carbocycles. The van der Waals surface area contributed by atoms with E-state index >= 15 is 0 Å². The lowest BCUT2D eigenvalue weighted by Crippen LogP contribution is -2.46. The van der Waals surface area contributed by atoms with E-state index in [1.54, 1.807) is 0 Å². The molecule has 0 radical (unpaired) electrons. The third kappa shape index (κ3) is 3.23. The van der Waals surface area contributed by atoms with Crippen molar-refractivity contribution >= 4 is 0 Å². The van der Waals surface area contributed by atoms with E-state index in [4.69, 9.17) is 15.0 Å². The third-order valence-corrected chi connectivity index (χ3v) is 5.27. The largest absolute Gasteiger partial charge is 0.217 e. The molecule has 0 amide bonds. The number of nitrogens with zero attached hydrogens (tertiary/aromatic N) is 5. The Kier molecular flexibility index (Phi) is 4.18. The quantitative estimate of drug-likeness (QED) is 0.594. The van der Waals surface area contributed by atoms with Crippen molar-refractivity contribution in [2.45, 2.75) is 71.8 Å². The molecule has 1 atom stereocenters. The van der Waals surface area contributed by atoms with Gasteiger partial charge in [-0.05, 0) is 11.6 Å². The molecule has 1 unspecified atom stereocenters. The molecule has 5 heteroatoms. The summed E-state index contributed by atoms with van der Waals surface area (Å²) in [6.07, 6.45) is 4.24. The van der Waals surface area contributed by atoms with Crippen LogP contribution in [-0.2, 0) is 17.4 Å². The Morgan fingerprint density at radius 2 is 1.61 bits per heavy atom. The summed E-state index contributed by atoms with van der Waals surface area (Å²) in [5, 5.41) is 0. The number of aromatic nitrogens is 5. The highest BCUT2D eigenvalue weighted by Gasteiger charge is 2.29. The normalized spacial score (nSPS) is 16.6. The van der Waals surface area contributed by atoms with Crippen LogP contribution in [0.3, 0.4) is 0 Å².